The van der Waals surface area contributed by atoms with Crippen LogP contribution in [0.25, 0.3) is 0 Å². The molecule has 2 unspecified atom stereocenters. The van der Waals surface area contributed by atoms with Crippen LogP contribution in [0, 0.1) is 0 Å². The molecule has 0 saturated carbocycles. The minimum atomic E-state index is 0. The van der Waals surface area contributed by atoms with E-state index in [9.17, 15) is 0 Å². The predicted octanol–water partition coefficient (Wildman–Crippen LogP) is 3.68. The maximum atomic E-state index is 6.29. The molecule has 1 N–H and O–H groups in total. The first-order valence-electron chi connectivity index (χ1n) is 8.30. The number of nitrogens with zero attached hydrogens (tertiary/aromatic N) is 2. The van der Waals surface area contributed by atoms with Gasteiger partial charge in [0.1, 0.15) is 6.10 Å². The van der Waals surface area contributed by atoms with Crippen molar-refractivity contribution in [3.05, 3.63) is 33.3 Å². The molecule has 2 aliphatic heterocycles. The van der Waals surface area contributed by atoms with E-state index in [-0.39, 0.29) is 36.2 Å². The number of hydrogen-bond donors (Lipinski definition) is 1. The normalized spacial score (nSPS) is 24.1. The van der Waals surface area contributed by atoms with Gasteiger partial charge in [-0.25, -0.2) is 0 Å². The summed E-state index contributed by atoms with van der Waals surface area (Å²) >= 11 is 9.72. The Hall–Kier alpha value is -0.0900. The van der Waals surface area contributed by atoms with E-state index < -0.39 is 0 Å². The van der Waals surface area contributed by atoms with Gasteiger partial charge in [0, 0.05) is 42.8 Å². The first-order chi connectivity index (χ1) is 11.7. The summed E-state index contributed by atoms with van der Waals surface area (Å²) in [4.78, 5) is 6.66. The van der Waals surface area contributed by atoms with E-state index in [1.165, 1.54) is 0 Å². The summed E-state index contributed by atoms with van der Waals surface area (Å²) in [7, 11) is 1.81. The summed E-state index contributed by atoms with van der Waals surface area (Å²) < 4.78 is 12.7. The zero-order valence-electron chi connectivity index (χ0n) is 14.2. The predicted molar refractivity (Wildman–Crippen MR) is 115 cm³/mol. The van der Waals surface area contributed by atoms with Gasteiger partial charge < -0.3 is 19.7 Å². The molecule has 0 radical (unpaired) electrons. The van der Waals surface area contributed by atoms with Crippen LogP contribution < -0.4 is 5.32 Å². The highest BCUT2D eigenvalue weighted by molar-refractivity contribution is 14.0. The molecule has 0 amide bonds. The summed E-state index contributed by atoms with van der Waals surface area (Å²) in [5, 5.41) is 4.15. The van der Waals surface area contributed by atoms with Crippen molar-refractivity contribution in [2.75, 3.05) is 33.4 Å². The molecule has 2 saturated heterocycles. The van der Waals surface area contributed by atoms with E-state index in [2.05, 4.69) is 31.1 Å². The first kappa shape index (κ1) is 21.2. The van der Waals surface area contributed by atoms with E-state index in [0.717, 1.165) is 53.6 Å². The maximum absolute atomic E-state index is 6.29. The number of guanidine groups is 1. The molecule has 2 atom stereocenters. The van der Waals surface area contributed by atoms with Crippen LogP contribution in [0.4, 0.5) is 0 Å². The van der Waals surface area contributed by atoms with Gasteiger partial charge in [-0.2, -0.15) is 0 Å². The van der Waals surface area contributed by atoms with Gasteiger partial charge in [0.25, 0.3) is 0 Å². The quantitative estimate of drug-likeness (QED) is 0.359. The largest absolute Gasteiger partial charge is 0.375 e. The molecule has 140 valence electrons. The number of aliphatic imine (C=N–C) groups is 1. The van der Waals surface area contributed by atoms with Gasteiger partial charge in [-0.15, -0.1) is 24.0 Å². The van der Waals surface area contributed by atoms with Crippen LogP contribution in [0.1, 0.15) is 18.4 Å². The van der Waals surface area contributed by atoms with Gasteiger partial charge in [-0.3, -0.25) is 4.99 Å². The fourth-order valence-electron chi connectivity index (χ4n) is 3.16. The van der Waals surface area contributed by atoms with Gasteiger partial charge in [0.15, 0.2) is 5.96 Å². The maximum Gasteiger partial charge on any atom is 0.194 e. The van der Waals surface area contributed by atoms with Gasteiger partial charge in [-0.05, 0) is 30.5 Å². The van der Waals surface area contributed by atoms with Gasteiger partial charge in [-0.1, -0.05) is 33.6 Å². The summed E-state index contributed by atoms with van der Waals surface area (Å²) in [5.74, 6) is 0.875. The monoisotopic (exact) mass is 543 g/mol. The molecule has 0 bridgehead atoms. The highest BCUT2D eigenvalue weighted by Gasteiger charge is 2.32. The van der Waals surface area contributed by atoms with Crippen molar-refractivity contribution < 1.29 is 9.47 Å². The number of halogens is 3. The third-order valence-corrected chi connectivity index (χ3v) is 5.28. The molecule has 0 aromatic heterocycles. The van der Waals surface area contributed by atoms with Crippen molar-refractivity contribution >= 4 is 57.5 Å². The lowest BCUT2D eigenvalue weighted by atomic mass is 10.1. The number of rotatable bonds is 3. The molecule has 8 heteroatoms. The summed E-state index contributed by atoms with van der Waals surface area (Å²) in [5.41, 5.74) is 1.05. The molecule has 0 spiro atoms. The Bertz CT molecular complexity index is 599. The van der Waals surface area contributed by atoms with Crippen molar-refractivity contribution in [1.82, 2.24) is 10.2 Å². The fourth-order valence-corrected chi connectivity index (χ4v) is 3.90. The van der Waals surface area contributed by atoms with Crippen molar-refractivity contribution in [3.8, 4) is 0 Å². The van der Waals surface area contributed by atoms with Crippen LogP contribution in [0.2, 0.25) is 5.02 Å². The Morgan fingerprint density at radius 2 is 2.16 bits per heavy atom. The van der Waals surface area contributed by atoms with Crippen molar-refractivity contribution in [1.29, 1.82) is 0 Å². The Labute approximate surface area is 179 Å². The number of ether oxygens (including phenoxy) is 2. The van der Waals surface area contributed by atoms with Crippen LogP contribution in [0.15, 0.2) is 27.7 Å². The van der Waals surface area contributed by atoms with Crippen LogP contribution in [0.3, 0.4) is 0 Å². The second-order valence-electron chi connectivity index (χ2n) is 6.04. The summed E-state index contributed by atoms with van der Waals surface area (Å²) in [6, 6.07) is 5.92. The minimum absolute atomic E-state index is 0. The first-order valence-corrected chi connectivity index (χ1v) is 9.47. The summed E-state index contributed by atoms with van der Waals surface area (Å²) in [6.45, 7) is 3.82. The van der Waals surface area contributed by atoms with Crippen LogP contribution >= 0.6 is 51.5 Å². The molecule has 2 fully saturated rings. The SMILES string of the molecule is CN=C(NCc1ccc(Br)cc1Cl)N1CCOC(C2CCCO2)C1.I. The number of hydrogen-bond acceptors (Lipinski definition) is 3. The molecule has 0 aliphatic carbocycles. The van der Waals surface area contributed by atoms with Gasteiger partial charge >= 0.3 is 0 Å². The molecule has 25 heavy (non-hydrogen) atoms. The average molecular weight is 545 g/mol. The second-order valence-corrected chi connectivity index (χ2v) is 7.37. The zero-order chi connectivity index (χ0) is 16.9. The topological polar surface area (TPSA) is 46.1 Å². The fraction of sp³-hybridized carbons (Fsp3) is 0.588. The molecule has 1 aromatic rings. The lowest BCUT2D eigenvalue weighted by molar-refractivity contribution is -0.0817. The van der Waals surface area contributed by atoms with Crippen molar-refractivity contribution in [2.24, 2.45) is 4.99 Å². The van der Waals surface area contributed by atoms with Crippen molar-refractivity contribution in [3.63, 3.8) is 0 Å². The molecule has 5 nitrogen and oxygen atoms in total. The van der Waals surface area contributed by atoms with E-state index in [1.807, 2.05) is 25.2 Å². The Balaban J connectivity index is 0.00000225. The molecule has 3 rings (SSSR count). The standard InChI is InChI=1S/C17H23BrClN3O2.HI/c1-20-17(21-10-12-4-5-13(18)9-14(12)19)22-6-8-24-16(11-22)15-3-2-7-23-15;/h4-5,9,15-16H,2-3,6-8,10-11H2,1H3,(H,20,21);1H. The van der Waals surface area contributed by atoms with E-state index in [0.29, 0.717) is 13.2 Å². The molecule has 2 aliphatic rings. The lowest BCUT2D eigenvalue weighted by Crippen LogP contribution is -2.53. The Morgan fingerprint density at radius 1 is 1.36 bits per heavy atom. The second kappa shape index (κ2) is 10.3. The highest BCUT2D eigenvalue weighted by Crippen LogP contribution is 2.22. The lowest BCUT2D eigenvalue weighted by Gasteiger charge is -2.37. The molecule has 2 heterocycles. The molecular weight excluding hydrogens is 520 g/mol. The molecule has 1 aromatic carbocycles. The zero-order valence-corrected chi connectivity index (χ0v) is 18.9. The molecular formula is C17H24BrClIN3O2. The highest BCUT2D eigenvalue weighted by atomic mass is 127. The average Bonchev–Trinajstić information content (AvgIpc) is 3.12. The van der Waals surface area contributed by atoms with Gasteiger partial charge in [0.05, 0.1) is 12.7 Å². The van der Waals surface area contributed by atoms with Crippen LogP contribution in [0.5, 0.6) is 0 Å². The third kappa shape index (κ3) is 5.69. The summed E-state index contributed by atoms with van der Waals surface area (Å²) in [6.07, 6.45) is 2.54. The number of nitrogens with one attached hydrogen (secondary N) is 1. The third-order valence-electron chi connectivity index (χ3n) is 4.44. The van der Waals surface area contributed by atoms with Crippen LogP contribution in [-0.2, 0) is 16.0 Å². The van der Waals surface area contributed by atoms with Crippen LogP contribution in [-0.4, -0.2) is 56.4 Å². The number of benzene rings is 1. The van der Waals surface area contributed by atoms with Gasteiger partial charge in [0.2, 0.25) is 0 Å². The smallest absolute Gasteiger partial charge is 0.194 e. The Morgan fingerprint density at radius 3 is 2.84 bits per heavy atom. The van der Waals surface area contributed by atoms with E-state index >= 15 is 0 Å². The Kier molecular flexibility index (Phi) is 8.74. The minimum Gasteiger partial charge on any atom is -0.375 e. The van der Waals surface area contributed by atoms with E-state index in [4.69, 9.17) is 21.1 Å². The van der Waals surface area contributed by atoms with E-state index in [1.54, 1.807) is 0 Å². The number of morpholine rings is 1. The van der Waals surface area contributed by atoms with Crippen molar-refractivity contribution in [2.45, 2.75) is 31.6 Å².